The number of benzene rings is 2. The summed E-state index contributed by atoms with van der Waals surface area (Å²) in [6, 6.07) is 10.4. The van der Waals surface area contributed by atoms with Crippen LogP contribution in [0.1, 0.15) is 5.56 Å². The molecule has 0 heterocycles. The number of hydrogen-bond acceptors (Lipinski definition) is 4. The molecule has 0 spiro atoms. The zero-order valence-electron chi connectivity index (χ0n) is 12.5. The van der Waals surface area contributed by atoms with E-state index >= 15 is 0 Å². The molecule has 2 amide bonds. The average Bonchev–Trinajstić information content (AvgIpc) is 2.49. The maximum Gasteiger partial charge on any atom is 0.314 e. The van der Waals surface area contributed by atoms with Gasteiger partial charge in [0.05, 0.1) is 10.6 Å². The van der Waals surface area contributed by atoms with Gasteiger partial charge in [-0.3, -0.25) is 9.59 Å². The number of nitrogens with one attached hydrogen (secondary N) is 2. The molecule has 0 aliphatic rings. The highest BCUT2D eigenvalue weighted by atomic mass is 79.9. The third kappa shape index (κ3) is 4.63. The number of anilines is 2. The van der Waals surface area contributed by atoms with Gasteiger partial charge in [-0.1, -0.05) is 6.07 Å². The zero-order valence-corrected chi connectivity index (χ0v) is 14.9. The van der Waals surface area contributed by atoms with Crippen molar-refractivity contribution < 1.29 is 18.0 Å². The fourth-order valence-electron chi connectivity index (χ4n) is 1.82. The van der Waals surface area contributed by atoms with Crippen molar-refractivity contribution in [3.63, 3.8) is 0 Å². The minimum absolute atomic E-state index is 0.0893. The molecule has 0 radical (unpaired) electrons. The molecule has 0 fully saturated rings. The molecule has 0 bridgehead atoms. The Bertz CT molecular complexity index is 895. The molecule has 4 N–H and O–H groups in total. The first-order valence-corrected chi connectivity index (χ1v) is 9.02. The highest BCUT2D eigenvalue weighted by molar-refractivity contribution is 9.10. The molecule has 126 valence electrons. The first-order valence-electron chi connectivity index (χ1n) is 6.68. The molecule has 9 heteroatoms. The van der Waals surface area contributed by atoms with Crippen LogP contribution in [0.2, 0.25) is 0 Å². The van der Waals surface area contributed by atoms with Gasteiger partial charge >= 0.3 is 11.8 Å². The van der Waals surface area contributed by atoms with Crippen molar-refractivity contribution in [3.8, 4) is 0 Å². The van der Waals surface area contributed by atoms with Crippen LogP contribution in [-0.4, -0.2) is 20.2 Å². The van der Waals surface area contributed by atoms with E-state index in [0.29, 0.717) is 10.2 Å². The number of rotatable bonds is 3. The lowest BCUT2D eigenvalue weighted by Gasteiger charge is -2.09. The second kappa shape index (κ2) is 7.12. The third-order valence-corrected chi connectivity index (χ3v) is 4.61. The maximum atomic E-state index is 11.9. The van der Waals surface area contributed by atoms with Crippen LogP contribution >= 0.6 is 15.9 Å². The molecule has 0 aliphatic heterocycles. The number of aryl methyl sites for hydroxylation is 1. The molecule has 2 aromatic rings. The number of carbonyl (C=O) groups is 2. The number of amides is 2. The van der Waals surface area contributed by atoms with E-state index in [4.69, 9.17) is 5.14 Å². The average molecular weight is 412 g/mol. The quantitative estimate of drug-likeness (QED) is 0.668. The predicted molar refractivity (Wildman–Crippen MR) is 94.0 cm³/mol. The summed E-state index contributed by atoms with van der Waals surface area (Å²) in [5.74, 6) is -1.74. The lowest BCUT2D eigenvalue weighted by atomic mass is 10.2. The molecule has 7 nitrogen and oxygen atoms in total. The van der Waals surface area contributed by atoms with Gasteiger partial charge in [0.15, 0.2) is 0 Å². The van der Waals surface area contributed by atoms with E-state index in [1.165, 1.54) is 24.3 Å². The van der Waals surface area contributed by atoms with Crippen LogP contribution in [0.25, 0.3) is 0 Å². The Balaban J connectivity index is 2.05. The Labute approximate surface area is 147 Å². The largest absolute Gasteiger partial charge is 0.318 e. The van der Waals surface area contributed by atoms with Crippen LogP contribution in [-0.2, 0) is 19.6 Å². The molecular formula is C15H14BrN3O4S. The second-order valence-corrected chi connectivity index (χ2v) is 7.38. The Morgan fingerprint density at radius 2 is 1.58 bits per heavy atom. The molecule has 0 atom stereocenters. The summed E-state index contributed by atoms with van der Waals surface area (Å²) in [6.45, 7) is 1.90. The van der Waals surface area contributed by atoms with E-state index in [2.05, 4.69) is 26.6 Å². The highest BCUT2D eigenvalue weighted by Gasteiger charge is 2.16. The standard InChI is InChI=1S/C15H14BrN3O4S/c1-9-2-7-13(12(16)8-9)19-15(21)14(20)18-10-3-5-11(6-4-10)24(17,22)23/h2-8H,1H3,(H,18,20)(H,19,21)(H2,17,22,23). The van der Waals surface area contributed by atoms with E-state index in [1.807, 2.05) is 6.92 Å². The number of sulfonamides is 1. The first kappa shape index (κ1) is 18.1. The van der Waals surface area contributed by atoms with Gasteiger partial charge in [-0.2, -0.15) is 0 Å². The van der Waals surface area contributed by atoms with Gasteiger partial charge in [-0.25, -0.2) is 13.6 Å². The van der Waals surface area contributed by atoms with E-state index in [-0.39, 0.29) is 10.6 Å². The van der Waals surface area contributed by atoms with Crippen molar-refractivity contribution in [2.45, 2.75) is 11.8 Å². The zero-order chi connectivity index (χ0) is 17.9. The Morgan fingerprint density at radius 3 is 2.12 bits per heavy atom. The monoisotopic (exact) mass is 411 g/mol. The summed E-state index contributed by atoms with van der Waals surface area (Å²) in [5, 5.41) is 9.83. The summed E-state index contributed by atoms with van der Waals surface area (Å²) in [5.41, 5.74) is 1.73. The fourth-order valence-corrected chi connectivity index (χ4v) is 2.92. The fraction of sp³-hybridized carbons (Fsp3) is 0.0667. The van der Waals surface area contributed by atoms with Gasteiger partial charge < -0.3 is 10.6 Å². The summed E-state index contributed by atoms with van der Waals surface area (Å²) in [6.07, 6.45) is 0. The molecular weight excluding hydrogens is 398 g/mol. The van der Waals surface area contributed by atoms with Crippen LogP contribution in [0.3, 0.4) is 0 Å². The van der Waals surface area contributed by atoms with Gasteiger partial charge in [0.2, 0.25) is 10.0 Å². The SMILES string of the molecule is Cc1ccc(NC(=O)C(=O)Nc2ccc(S(N)(=O)=O)cc2)c(Br)c1. The van der Waals surface area contributed by atoms with Crippen molar-refractivity contribution in [1.82, 2.24) is 0 Å². The van der Waals surface area contributed by atoms with Crippen LogP contribution in [0.15, 0.2) is 51.8 Å². The molecule has 2 aromatic carbocycles. The number of primary sulfonamides is 1. The second-order valence-electron chi connectivity index (χ2n) is 4.96. The van der Waals surface area contributed by atoms with E-state index in [0.717, 1.165) is 5.56 Å². The number of nitrogens with two attached hydrogens (primary N) is 1. The van der Waals surface area contributed by atoms with Gasteiger partial charge in [-0.15, -0.1) is 0 Å². The van der Waals surface area contributed by atoms with Gasteiger partial charge in [0.25, 0.3) is 0 Å². The molecule has 0 aromatic heterocycles. The minimum Gasteiger partial charge on any atom is -0.318 e. The van der Waals surface area contributed by atoms with Crippen molar-refractivity contribution in [2.24, 2.45) is 5.14 Å². The highest BCUT2D eigenvalue weighted by Crippen LogP contribution is 2.23. The molecule has 0 aliphatic carbocycles. The molecule has 0 saturated carbocycles. The summed E-state index contributed by atoms with van der Waals surface area (Å²) in [4.78, 5) is 23.7. The Hall–Kier alpha value is -2.23. The molecule has 2 rings (SSSR count). The van der Waals surface area contributed by atoms with Crippen molar-refractivity contribution in [3.05, 3.63) is 52.5 Å². The predicted octanol–water partition coefficient (Wildman–Crippen LogP) is 1.98. The van der Waals surface area contributed by atoms with Gasteiger partial charge in [0.1, 0.15) is 0 Å². The van der Waals surface area contributed by atoms with Crippen molar-refractivity contribution >= 4 is 49.1 Å². The number of halogens is 1. The van der Waals surface area contributed by atoms with Crippen LogP contribution in [0.4, 0.5) is 11.4 Å². The Kier molecular flexibility index (Phi) is 5.37. The first-order chi connectivity index (χ1) is 11.2. The van der Waals surface area contributed by atoms with Crippen molar-refractivity contribution in [1.29, 1.82) is 0 Å². The summed E-state index contributed by atoms with van der Waals surface area (Å²) >= 11 is 3.30. The smallest absolute Gasteiger partial charge is 0.314 e. The van der Waals surface area contributed by atoms with Gasteiger partial charge in [0, 0.05) is 10.2 Å². The lowest BCUT2D eigenvalue weighted by Crippen LogP contribution is -2.29. The lowest BCUT2D eigenvalue weighted by molar-refractivity contribution is -0.133. The Morgan fingerprint density at radius 1 is 1.00 bits per heavy atom. The number of hydrogen-bond donors (Lipinski definition) is 3. The van der Waals surface area contributed by atoms with Crippen LogP contribution < -0.4 is 15.8 Å². The molecule has 0 saturated heterocycles. The summed E-state index contributed by atoms with van der Waals surface area (Å²) in [7, 11) is -3.81. The molecule has 24 heavy (non-hydrogen) atoms. The molecule has 0 unspecified atom stereocenters. The third-order valence-electron chi connectivity index (χ3n) is 3.02. The van der Waals surface area contributed by atoms with Crippen molar-refractivity contribution in [2.75, 3.05) is 10.6 Å². The minimum atomic E-state index is -3.81. The summed E-state index contributed by atoms with van der Waals surface area (Å²) < 4.78 is 23.0. The van der Waals surface area contributed by atoms with Crippen LogP contribution in [0, 0.1) is 6.92 Å². The van der Waals surface area contributed by atoms with Crippen LogP contribution in [0.5, 0.6) is 0 Å². The van der Waals surface area contributed by atoms with E-state index < -0.39 is 21.8 Å². The maximum absolute atomic E-state index is 11.9. The van der Waals surface area contributed by atoms with E-state index in [1.54, 1.807) is 18.2 Å². The van der Waals surface area contributed by atoms with Gasteiger partial charge in [-0.05, 0) is 64.8 Å². The normalized spacial score (nSPS) is 11.0. The topological polar surface area (TPSA) is 118 Å². The van der Waals surface area contributed by atoms with E-state index in [9.17, 15) is 18.0 Å². The number of carbonyl (C=O) groups excluding carboxylic acids is 2.